The fourth-order valence-corrected chi connectivity index (χ4v) is 4.26. The Morgan fingerprint density at radius 3 is 2.32 bits per heavy atom. The molecule has 148 valence electrons. The van der Waals surface area contributed by atoms with Gasteiger partial charge in [0.1, 0.15) is 0 Å². The van der Waals surface area contributed by atoms with Crippen molar-refractivity contribution in [3.8, 4) is 0 Å². The Labute approximate surface area is 169 Å². The average Bonchev–Trinajstić information content (AvgIpc) is 2.73. The molecule has 1 fully saturated rings. The second-order valence-electron chi connectivity index (χ2n) is 6.65. The van der Waals surface area contributed by atoms with Gasteiger partial charge >= 0.3 is 0 Å². The molecule has 1 saturated heterocycles. The molecule has 28 heavy (non-hydrogen) atoms. The highest BCUT2D eigenvalue weighted by atomic mass is 35.5. The van der Waals surface area contributed by atoms with Gasteiger partial charge in [0.25, 0.3) is 5.91 Å². The topological polar surface area (TPSA) is 83.6 Å². The predicted octanol–water partition coefficient (Wildman–Crippen LogP) is 2.98. The van der Waals surface area contributed by atoms with E-state index in [9.17, 15) is 18.0 Å². The third-order valence-electron chi connectivity index (χ3n) is 4.96. The second kappa shape index (κ2) is 8.43. The summed E-state index contributed by atoms with van der Waals surface area (Å²) in [4.78, 5) is 27.1. The Morgan fingerprint density at radius 1 is 1.07 bits per heavy atom. The van der Waals surface area contributed by atoms with Gasteiger partial charge in [-0.15, -0.1) is 0 Å². The Hall–Kier alpha value is -2.22. The van der Waals surface area contributed by atoms with Crippen LogP contribution in [0.1, 0.15) is 33.6 Å². The predicted molar refractivity (Wildman–Crippen MR) is 107 cm³/mol. The molecule has 3 rings (SSSR count). The third kappa shape index (κ3) is 4.27. The Bertz CT molecular complexity index is 985. The molecule has 0 atom stereocenters. The first kappa shape index (κ1) is 20.5. The number of nitrogens with one attached hydrogen (secondary N) is 1. The summed E-state index contributed by atoms with van der Waals surface area (Å²) in [5.74, 6) is -0.366. The zero-order valence-corrected chi connectivity index (χ0v) is 17.0. The molecule has 1 N–H and O–H groups in total. The van der Waals surface area contributed by atoms with Crippen molar-refractivity contribution in [3.05, 3.63) is 64.7 Å². The SMILES string of the molecule is CNS(=O)(=O)c1ccc(Cl)c(C(=O)N2CCC(C(=O)c3ccccc3)CC2)c1. The summed E-state index contributed by atoms with van der Waals surface area (Å²) < 4.78 is 26.2. The highest BCUT2D eigenvalue weighted by Crippen LogP contribution is 2.26. The third-order valence-corrected chi connectivity index (χ3v) is 6.70. The lowest BCUT2D eigenvalue weighted by atomic mass is 9.88. The molecule has 8 heteroatoms. The average molecular weight is 421 g/mol. The normalized spacial score (nSPS) is 15.4. The van der Waals surface area contributed by atoms with Crippen LogP contribution in [0.4, 0.5) is 0 Å². The van der Waals surface area contributed by atoms with Crippen LogP contribution in [0.3, 0.4) is 0 Å². The van der Waals surface area contributed by atoms with Crippen molar-refractivity contribution in [3.63, 3.8) is 0 Å². The van der Waals surface area contributed by atoms with Crippen molar-refractivity contribution in [1.82, 2.24) is 9.62 Å². The Balaban J connectivity index is 1.72. The molecule has 0 spiro atoms. The van der Waals surface area contributed by atoms with Gasteiger partial charge in [0.2, 0.25) is 10.0 Å². The van der Waals surface area contributed by atoms with Crippen molar-refractivity contribution in [2.75, 3.05) is 20.1 Å². The first-order valence-electron chi connectivity index (χ1n) is 8.95. The van der Waals surface area contributed by atoms with Crippen molar-refractivity contribution >= 4 is 33.3 Å². The van der Waals surface area contributed by atoms with E-state index in [2.05, 4.69) is 4.72 Å². The minimum Gasteiger partial charge on any atom is -0.339 e. The Morgan fingerprint density at radius 2 is 1.71 bits per heavy atom. The number of likely N-dealkylation sites (tertiary alicyclic amines) is 1. The molecule has 1 aliphatic rings. The molecule has 0 unspecified atom stereocenters. The fourth-order valence-electron chi connectivity index (χ4n) is 3.31. The molecule has 6 nitrogen and oxygen atoms in total. The van der Waals surface area contributed by atoms with Crippen LogP contribution < -0.4 is 4.72 Å². The molecule has 0 saturated carbocycles. The van der Waals surface area contributed by atoms with E-state index in [1.165, 1.54) is 25.2 Å². The van der Waals surface area contributed by atoms with Crippen LogP contribution in [0, 0.1) is 5.92 Å². The number of halogens is 1. The van der Waals surface area contributed by atoms with E-state index in [1.54, 1.807) is 17.0 Å². The molecule has 1 amide bonds. The number of sulfonamides is 1. The smallest absolute Gasteiger partial charge is 0.255 e. The molecule has 1 heterocycles. The number of nitrogens with zero attached hydrogens (tertiary/aromatic N) is 1. The van der Waals surface area contributed by atoms with Gasteiger partial charge in [-0.1, -0.05) is 41.9 Å². The van der Waals surface area contributed by atoms with Crippen LogP contribution in [0.25, 0.3) is 0 Å². The molecule has 0 aromatic heterocycles. The number of hydrogen-bond acceptors (Lipinski definition) is 4. The maximum atomic E-state index is 12.9. The largest absolute Gasteiger partial charge is 0.339 e. The first-order valence-corrected chi connectivity index (χ1v) is 10.8. The maximum absolute atomic E-state index is 12.9. The summed E-state index contributed by atoms with van der Waals surface area (Å²) in [6.07, 6.45) is 1.12. The van der Waals surface area contributed by atoms with Gasteiger partial charge in [0.05, 0.1) is 15.5 Å². The van der Waals surface area contributed by atoms with E-state index in [-0.39, 0.29) is 33.1 Å². The van der Waals surface area contributed by atoms with Gasteiger partial charge in [-0.25, -0.2) is 13.1 Å². The van der Waals surface area contributed by atoms with Crippen LogP contribution >= 0.6 is 11.6 Å². The quantitative estimate of drug-likeness (QED) is 0.753. The molecule has 2 aromatic rings. The first-order chi connectivity index (χ1) is 13.3. The Kier molecular flexibility index (Phi) is 6.17. The van der Waals surface area contributed by atoms with Crippen LogP contribution in [0.2, 0.25) is 5.02 Å². The van der Waals surface area contributed by atoms with Gasteiger partial charge in [-0.2, -0.15) is 0 Å². The van der Waals surface area contributed by atoms with Gasteiger partial charge in [0.15, 0.2) is 5.78 Å². The standard InChI is InChI=1S/C20H21ClN2O4S/c1-22-28(26,27)16-7-8-18(21)17(13-16)20(25)23-11-9-15(10-12-23)19(24)14-5-3-2-4-6-14/h2-8,13,15,22H,9-12H2,1H3. The molecule has 2 aromatic carbocycles. The molecule has 0 bridgehead atoms. The molecular weight excluding hydrogens is 400 g/mol. The summed E-state index contributed by atoms with van der Waals surface area (Å²) in [6.45, 7) is 0.836. The van der Waals surface area contributed by atoms with Crippen LogP contribution in [-0.4, -0.2) is 45.1 Å². The van der Waals surface area contributed by atoms with E-state index in [0.717, 1.165) is 0 Å². The summed E-state index contributed by atoms with van der Waals surface area (Å²) in [5, 5.41) is 0.197. The minimum atomic E-state index is -3.68. The summed E-state index contributed by atoms with van der Waals surface area (Å²) >= 11 is 6.15. The number of benzene rings is 2. The number of rotatable bonds is 5. The van der Waals surface area contributed by atoms with Gasteiger partial charge < -0.3 is 4.90 Å². The zero-order valence-electron chi connectivity index (χ0n) is 15.4. The minimum absolute atomic E-state index is 0.0168. The van der Waals surface area contributed by atoms with Crippen LogP contribution in [-0.2, 0) is 10.0 Å². The zero-order chi connectivity index (χ0) is 20.3. The summed E-state index contributed by atoms with van der Waals surface area (Å²) in [7, 11) is -2.37. The second-order valence-corrected chi connectivity index (χ2v) is 8.94. The van der Waals surface area contributed by atoms with E-state index in [0.29, 0.717) is 31.5 Å². The number of ketones is 1. The highest BCUT2D eigenvalue weighted by Gasteiger charge is 2.29. The van der Waals surface area contributed by atoms with E-state index < -0.39 is 10.0 Å². The summed E-state index contributed by atoms with van der Waals surface area (Å²) in [5.41, 5.74) is 0.825. The van der Waals surface area contributed by atoms with Crippen LogP contribution in [0.15, 0.2) is 53.4 Å². The fraction of sp³-hybridized carbons (Fsp3) is 0.300. The number of carbonyl (C=O) groups is 2. The van der Waals surface area contributed by atoms with Crippen molar-refractivity contribution < 1.29 is 18.0 Å². The maximum Gasteiger partial charge on any atom is 0.255 e. The monoisotopic (exact) mass is 420 g/mol. The lowest BCUT2D eigenvalue weighted by Gasteiger charge is -2.31. The van der Waals surface area contributed by atoms with E-state index in [1.807, 2.05) is 18.2 Å². The van der Waals surface area contributed by atoms with Crippen molar-refractivity contribution in [2.24, 2.45) is 5.92 Å². The van der Waals surface area contributed by atoms with Crippen LogP contribution in [0.5, 0.6) is 0 Å². The lowest BCUT2D eigenvalue weighted by molar-refractivity contribution is 0.0650. The van der Waals surface area contributed by atoms with Gasteiger partial charge in [-0.05, 0) is 38.1 Å². The number of hydrogen-bond donors (Lipinski definition) is 1. The molecular formula is C20H21ClN2O4S. The van der Waals surface area contributed by atoms with Gasteiger partial charge in [-0.3, -0.25) is 9.59 Å². The van der Waals surface area contributed by atoms with Gasteiger partial charge in [0, 0.05) is 24.6 Å². The number of carbonyl (C=O) groups excluding carboxylic acids is 2. The number of amides is 1. The molecule has 0 aliphatic carbocycles. The summed E-state index contributed by atoms with van der Waals surface area (Å²) in [6, 6.07) is 13.2. The number of Topliss-reactive ketones (excluding diaryl/α,β-unsaturated/α-hetero) is 1. The molecule has 1 aliphatic heterocycles. The van der Waals surface area contributed by atoms with E-state index >= 15 is 0 Å². The van der Waals surface area contributed by atoms with Crippen molar-refractivity contribution in [2.45, 2.75) is 17.7 Å². The van der Waals surface area contributed by atoms with E-state index in [4.69, 9.17) is 11.6 Å². The van der Waals surface area contributed by atoms with Crippen molar-refractivity contribution in [1.29, 1.82) is 0 Å². The number of piperidine rings is 1. The lowest BCUT2D eigenvalue weighted by Crippen LogP contribution is -2.40. The molecule has 0 radical (unpaired) electrons. The highest BCUT2D eigenvalue weighted by molar-refractivity contribution is 7.89.